The first-order chi connectivity index (χ1) is 19.5. The summed E-state index contributed by atoms with van der Waals surface area (Å²) in [7, 11) is 4.93. The molecule has 0 aliphatic carbocycles. The second-order valence-corrected chi connectivity index (χ2v) is 9.83. The van der Waals surface area contributed by atoms with Gasteiger partial charge in [-0.25, -0.2) is 4.98 Å². The van der Waals surface area contributed by atoms with Gasteiger partial charge in [0, 0.05) is 41.7 Å². The lowest BCUT2D eigenvalue weighted by atomic mass is 10.0. The van der Waals surface area contributed by atoms with Gasteiger partial charge in [-0.3, -0.25) is 9.69 Å². The van der Waals surface area contributed by atoms with Gasteiger partial charge in [0.05, 0.1) is 38.7 Å². The highest BCUT2D eigenvalue weighted by molar-refractivity contribution is 5.94. The van der Waals surface area contributed by atoms with Gasteiger partial charge < -0.3 is 23.4 Å². The molecule has 0 spiro atoms. The Labute approximate surface area is 231 Å². The number of hydrogen-bond donors (Lipinski definition) is 0. The number of benzene rings is 3. The van der Waals surface area contributed by atoms with E-state index in [1.54, 1.807) is 39.7 Å². The summed E-state index contributed by atoms with van der Waals surface area (Å²) in [5.41, 5.74) is 5.55. The molecular formula is C32H30N2O6. The number of aromatic nitrogens is 1. The van der Waals surface area contributed by atoms with E-state index in [-0.39, 0.29) is 5.43 Å². The SMILES string of the molecule is COc1cc(-c2cc(C)c3c(OC)ccc(OC)c3n2)cc2c1OCCN(Cc1coc3ccccc3c1=O)C2. The Balaban J connectivity index is 1.40. The van der Waals surface area contributed by atoms with Gasteiger partial charge in [0.2, 0.25) is 0 Å². The Morgan fingerprint density at radius 1 is 0.950 bits per heavy atom. The van der Waals surface area contributed by atoms with E-state index in [2.05, 4.69) is 11.0 Å². The number of rotatable bonds is 6. The van der Waals surface area contributed by atoms with Crippen molar-refractivity contribution in [3.05, 3.63) is 87.8 Å². The summed E-state index contributed by atoms with van der Waals surface area (Å²) in [6.07, 6.45) is 1.57. The summed E-state index contributed by atoms with van der Waals surface area (Å²) in [5, 5.41) is 1.50. The van der Waals surface area contributed by atoms with Gasteiger partial charge in [-0.2, -0.15) is 0 Å². The largest absolute Gasteiger partial charge is 0.496 e. The van der Waals surface area contributed by atoms with Gasteiger partial charge in [0.15, 0.2) is 16.9 Å². The van der Waals surface area contributed by atoms with E-state index >= 15 is 0 Å². The van der Waals surface area contributed by atoms with E-state index < -0.39 is 0 Å². The summed E-state index contributed by atoms with van der Waals surface area (Å²) in [5.74, 6) is 2.76. The minimum absolute atomic E-state index is 0.0150. The van der Waals surface area contributed by atoms with E-state index in [4.69, 9.17) is 28.3 Å². The Hall–Kier alpha value is -4.56. The van der Waals surface area contributed by atoms with Gasteiger partial charge >= 0.3 is 0 Å². The molecule has 0 unspecified atom stereocenters. The molecular weight excluding hydrogens is 508 g/mol. The van der Waals surface area contributed by atoms with Crippen LogP contribution >= 0.6 is 0 Å². The van der Waals surface area contributed by atoms with E-state index in [1.807, 2.05) is 43.3 Å². The first kappa shape index (κ1) is 25.7. The Kier molecular flexibility index (Phi) is 6.77. The molecule has 1 aliphatic rings. The van der Waals surface area contributed by atoms with E-state index in [0.29, 0.717) is 60.0 Å². The summed E-state index contributed by atoms with van der Waals surface area (Å²) >= 11 is 0. The van der Waals surface area contributed by atoms with Gasteiger partial charge in [0.1, 0.15) is 29.2 Å². The Bertz CT molecular complexity index is 1800. The maximum atomic E-state index is 13.1. The number of methoxy groups -OCH3 is 3. The van der Waals surface area contributed by atoms with Crippen LogP contribution in [0.25, 0.3) is 33.1 Å². The zero-order valence-electron chi connectivity index (χ0n) is 22.9. The number of ether oxygens (including phenoxy) is 4. The first-order valence-corrected chi connectivity index (χ1v) is 13.1. The van der Waals surface area contributed by atoms with Crippen LogP contribution in [0.1, 0.15) is 16.7 Å². The number of para-hydroxylation sites is 1. The Morgan fingerprint density at radius 3 is 2.52 bits per heavy atom. The predicted octanol–water partition coefficient (Wildman–Crippen LogP) is 5.74. The van der Waals surface area contributed by atoms with Crippen molar-refractivity contribution in [3.8, 4) is 34.3 Å². The lowest BCUT2D eigenvalue weighted by Crippen LogP contribution is -2.28. The molecule has 0 fully saturated rings. The van der Waals surface area contributed by atoms with Crippen molar-refractivity contribution in [1.82, 2.24) is 9.88 Å². The third kappa shape index (κ3) is 4.50. The highest BCUT2D eigenvalue weighted by atomic mass is 16.5. The van der Waals surface area contributed by atoms with Crippen LogP contribution in [0.3, 0.4) is 0 Å². The number of nitrogens with zero attached hydrogens (tertiary/aromatic N) is 2. The number of pyridine rings is 1. The quantitative estimate of drug-likeness (QED) is 0.271. The molecule has 204 valence electrons. The van der Waals surface area contributed by atoms with Gasteiger partial charge in [-0.15, -0.1) is 0 Å². The minimum atomic E-state index is -0.0150. The van der Waals surface area contributed by atoms with Crippen molar-refractivity contribution >= 4 is 21.9 Å². The smallest absolute Gasteiger partial charge is 0.197 e. The average molecular weight is 539 g/mol. The maximum absolute atomic E-state index is 13.1. The lowest BCUT2D eigenvalue weighted by Gasteiger charge is -2.19. The van der Waals surface area contributed by atoms with Crippen molar-refractivity contribution in [3.63, 3.8) is 0 Å². The molecule has 8 nitrogen and oxygen atoms in total. The maximum Gasteiger partial charge on any atom is 0.197 e. The fourth-order valence-electron chi connectivity index (χ4n) is 5.40. The molecule has 1 aliphatic heterocycles. The van der Waals surface area contributed by atoms with E-state index in [0.717, 1.165) is 39.0 Å². The average Bonchev–Trinajstić information content (AvgIpc) is 3.19. The molecule has 0 bridgehead atoms. The summed E-state index contributed by atoms with van der Waals surface area (Å²) in [4.78, 5) is 20.3. The molecule has 2 aromatic heterocycles. The molecule has 0 amide bonds. The van der Waals surface area contributed by atoms with Gasteiger partial charge in [0.25, 0.3) is 0 Å². The zero-order chi connectivity index (χ0) is 27.8. The van der Waals surface area contributed by atoms with Crippen molar-refractivity contribution in [2.24, 2.45) is 0 Å². The lowest BCUT2D eigenvalue weighted by molar-refractivity contribution is 0.215. The minimum Gasteiger partial charge on any atom is -0.496 e. The van der Waals surface area contributed by atoms with E-state index in [9.17, 15) is 4.79 Å². The fourth-order valence-corrected chi connectivity index (χ4v) is 5.40. The fraction of sp³-hybridized carbons (Fsp3) is 0.250. The normalized spacial score (nSPS) is 13.5. The van der Waals surface area contributed by atoms with Crippen LogP contribution < -0.4 is 24.4 Å². The molecule has 0 radical (unpaired) electrons. The van der Waals surface area contributed by atoms with Crippen LogP contribution in [0.5, 0.6) is 23.0 Å². The molecule has 0 N–H and O–H groups in total. The topological polar surface area (TPSA) is 83.3 Å². The number of fused-ring (bicyclic) bond motifs is 3. The zero-order valence-corrected chi connectivity index (χ0v) is 22.9. The molecule has 6 rings (SSSR count). The third-order valence-electron chi connectivity index (χ3n) is 7.36. The molecule has 3 aromatic carbocycles. The molecule has 3 heterocycles. The predicted molar refractivity (Wildman–Crippen MR) is 154 cm³/mol. The Morgan fingerprint density at radius 2 is 1.73 bits per heavy atom. The second kappa shape index (κ2) is 10.5. The van der Waals surface area contributed by atoms with Crippen LogP contribution in [0.15, 0.2) is 70.1 Å². The standard InChI is InChI=1S/C32H30N2O6/c1-19-13-24(33-30-27(37-3)10-9-26(36-2)29(19)30)20-14-21-16-34(11-12-39-32(21)28(15-20)38-4)17-22-18-40-25-8-6-5-7-23(25)31(22)35/h5-10,13-15,18H,11-12,16-17H2,1-4H3. The van der Waals surface area contributed by atoms with Crippen molar-refractivity contribution < 1.29 is 23.4 Å². The third-order valence-corrected chi connectivity index (χ3v) is 7.36. The molecule has 0 atom stereocenters. The summed E-state index contributed by atoms with van der Waals surface area (Å²) in [6, 6.07) is 17.1. The van der Waals surface area contributed by atoms with Crippen molar-refractivity contribution in [2.45, 2.75) is 20.0 Å². The first-order valence-electron chi connectivity index (χ1n) is 13.1. The van der Waals surface area contributed by atoms with Gasteiger partial charge in [-0.05, 0) is 55.0 Å². The molecule has 0 saturated heterocycles. The van der Waals surface area contributed by atoms with Crippen molar-refractivity contribution in [1.29, 1.82) is 0 Å². The van der Waals surface area contributed by atoms with Crippen LogP contribution in [-0.4, -0.2) is 44.4 Å². The van der Waals surface area contributed by atoms with E-state index in [1.165, 1.54) is 0 Å². The number of aryl methyl sites for hydroxylation is 1. The number of hydrogen-bond acceptors (Lipinski definition) is 8. The van der Waals surface area contributed by atoms with Crippen LogP contribution in [0.2, 0.25) is 0 Å². The highest BCUT2D eigenvalue weighted by Gasteiger charge is 2.23. The summed E-state index contributed by atoms with van der Waals surface area (Å²) < 4.78 is 28.9. The highest BCUT2D eigenvalue weighted by Crippen LogP contribution is 2.41. The van der Waals surface area contributed by atoms with Crippen LogP contribution in [-0.2, 0) is 13.1 Å². The monoisotopic (exact) mass is 538 g/mol. The van der Waals surface area contributed by atoms with Crippen molar-refractivity contribution in [2.75, 3.05) is 34.5 Å². The second-order valence-electron chi connectivity index (χ2n) is 9.83. The molecule has 8 heteroatoms. The molecule has 40 heavy (non-hydrogen) atoms. The molecule has 5 aromatic rings. The molecule has 0 saturated carbocycles. The summed E-state index contributed by atoms with van der Waals surface area (Å²) in [6.45, 7) is 4.15. The van der Waals surface area contributed by atoms with Gasteiger partial charge in [-0.1, -0.05) is 12.1 Å². The van der Waals surface area contributed by atoms with Crippen LogP contribution in [0, 0.1) is 6.92 Å². The van der Waals surface area contributed by atoms with Crippen LogP contribution in [0.4, 0.5) is 0 Å².